The number of rotatable bonds is 6. The van der Waals surface area contributed by atoms with Gasteiger partial charge in [0.25, 0.3) is 5.89 Å². The maximum absolute atomic E-state index is 12.0. The van der Waals surface area contributed by atoms with Crippen LogP contribution in [0.25, 0.3) is 11.5 Å². The Balaban J connectivity index is 1.53. The normalized spacial score (nSPS) is 11.9. The van der Waals surface area contributed by atoms with Crippen LogP contribution in [0.3, 0.4) is 0 Å². The summed E-state index contributed by atoms with van der Waals surface area (Å²) in [7, 11) is 0. The molecule has 0 saturated heterocycles. The van der Waals surface area contributed by atoms with Crippen LogP contribution in [0.15, 0.2) is 65.1 Å². The molecule has 5 nitrogen and oxygen atoms in total. The second kappa shape index (κ2) is 7.55. The third kappa shape index (κ3) is 4.07. The molecular weight excluding hydrogens is 304 g/mol. The van der Waals surface area contributed by atoms with E-state index in [9.17, 15) is 4.79 Å². The summed E-state index contributed by atoms with van der Waals surface area (Å²) in [5.74, 6) is 0.515. The Hall–Kier alpha value is -2.95. The van der Waals surface area contributed by atoms with Crippen LogP contribution < -0.4 is 0 Å². The van der Waals surface area contributed by atoms with Crippen LogP contribution in [0, 0.1) is 0 Å². The molecule has 24 heavy (non-hydrogen) atoms. The summed E-state index contributed by atoms with van der Waals surface area (Å²) in [4.78, 5) is 12.0. The Morgan fingerprint density at radius 3 is 2.42 bits per heavy atom. The molecule has 0 aliphatic rings. The second-order valence-corrected chi connectivity index (χ2v) is 5.54. The number of hydrogen-bond acceptors (Lipinski definition) is 5. The van der Waals surface area contributed by atoms with Crippen LogP contribution in [-0.4, -0.2) is 16.2 Å². The van der Waals surface area contributed by atoms with Gasteiger partial charge in [-0.25, -0.2) is 0 Å². The van der Waals surface area contributed by atoms with E-state index in [0.29, 0.717) is 12.3 Å². The lowest BCUT2D eigenvalue weighted by Gasteiger charge is -2.10. The maximum atomic E-state index is 12.0. The fourth-order valence-corrected chi connectivity index (χ4v) is 2.36. The topological polar surface area (TPSA) is 65.2 Å². The van der Waals surface area contributed by atoms with E-state index >= 15 is 0 Å². The van der Waals surface area contributed by atoms with Gasteiger partial charge in [0.2, 0.25) is 5.89 Å². The van der Waals surface area contributed by atoms with Crippen molar-refractivity contribution in [2.24, 2.45) is 0 Å². The first-order valence-electron chi connectivity index (χ1n) is 7.81. The zero-order valence-corrected chi connectivity index (χ0v) is 13.4. The molecule has 1 heterocycles. The molecule has 0 radical (unpaired) electrons. The average molecular weight is 322 g/mol. The molecule has 5 heteroatoms. The Kier molecular flexibility index (Phi) is 5.01. The Labute approximate surface area is 140 Å². The van der Waals surface area contributed by atoms with Crippen molar-refractivity contribution in [3.8, 4) is 11.5 Å². The van der Waals surface area contributed by atoms with Gasteiger partial charge in [0.05, 0.1) is 6.42 Å². The minimum absolute atomic E-state index is 0.0137. The first kappa shape index (κ1) is 15.9. The van der Waals surface area contributed by atoms with E-state index < -0.39 is 0 Å². The van der Waals surface area contributed by atoms with E-state index in [4.69, 9.17) is 9.15 Å². The number of aromatic nitrogens is 2. The smallest absolute Gasteiger partial charge is 0.306 e. The minimum Gasteiger partial charge on any atom is -0.456 e. The van der Waals surface area contributed by atoms with Crippen molar-refractivity contribution in [3.05, 3.63) is 72.1 Å². The summed E-state index contributed by atoms with van der Waals surface area (Å²) in [6, 6.07) is 19.3. The number of esters is 1. The lowest BCUT2D eigenvalue weighted by molar-refractivity contribution is -0.146. The molecule has 0 aliphatic heterocycles. The molecule has 2 aromatic carbocycles. The quantitative estimate of drug-likeness (QED) is 0.642. The van der Waals surface area contributed by atoms with E-state index in [1.54, 1.807) is 0 Å². The van der Waals surface area contributed by atoms with E-state index in [1.165, 1.54) is 0 Å². The summed E-state index contributed by atoms with van der Waals surface area (Å²) in [6.45, 7) is 1.98. The molecule has 3 rings (SSSR count). The van der Waals surface area contributed by atoms with Crippen LogP contribution in [0.4, 0.5) is 0 Å². The van der Waals surface area contributed by atoms with Gasteiger partial charge in [-0.05, 0) is 23.6 Å². The molecule has 0 bridgehead atoms. The van der Waals surface area contributed by atoms with E-state index in [1.807, 2.05) is 67.6 Å². The van der Waals surface area contributed by atoms with Crippen LogP contribution in [-0.2, 0) is 16.1 Å². The van der Waals surface area contributed by atoms with Gasteiger partial charge in [0.15, 0.2) is 6.61 Å². The molecule has 122 valence electrons. The summed E-state index contributed by atoms with van der Waals surface area (Å²) >= 11 is 0. The highest BCUT2D eigenvalue weighted by Gasteiger charge is 2.14. The molecule has 1 unspecified atom stereocenters. The van der Waals surface area contributed by atoms with Crippen LogP contribution in [0.2, 0.25) is 0 Å². The molecular formula is C19H18N2O3. The third-order valence-electron chi connectivity index (χ3n) is 3.69. The largest absolute Gasteiger partial charge is 0.456 e. The molecule has 1 atom stereocenters. The van der Waals surface area contributed by atoms with E-state index in [-0.39, 0.29) is 24.4 Å². The third-order valence-corrected chi connectivity index (χ3v) is 3.69. The molecule has 0 saturated carbocycles. The molecule has 0 fully saturated rings. The van der Waals surface area contributed by atoms with Crippen molar-refractivity contribution in [1.82, 2.24) is 10.2 Å². The minimum atomic E-state index is -0.286. The lowest BCUT2D eigenvalue weighted by Crippen LogP contribution is -2.08. The number of ether oxygens (including phenoxy) is 1. The molecule has 0 spiro atoms. The fourth-order valence-electron chi connectivity index (χ4n) is 2.36. The van der Waals surface area contributed by atoms with Gasteiger partial charge in [-0.15, -0.1) is 10.2 Å². The fraction of sp³-hybridized carbons (Fsp3) is 0.211. The van der Waals surface area contributed by atoms with Crippen LogP contribution in [0.1, 0.15) is 30.7 Å². The number of carbonyl (C=O) groups is 1. The average Bonchev–Trinajstić information content (AvgIpc) is 3.10. The van der Waals surface area contributed by atoms with Gasteiger partial charge in [-0.3, -0.25) is 4.79 Å². The predicted octanol–water partition coefficient (Wildman–Crippen LogP) is 3.97. The number of carbonyl (C=O) groups excluding carboxylic acids is 1. The highest BCUT2D eigenvalue weighted by atomic mass is 16.5. The van der Waals surface area contributed by atoms with Gasteiger partial charge in [0.1, 0.15) is 0 Å². The molecule has 1 aromatic heterocycles. The summed E-state index contributed by atoms with van der Waals surface area (Å²) < 4.78 is 10.7. The first-order chi connectivity index (χ1) is 11.7. The van der Waals surface area contributed by atoms with Gasteiger partial charge >= 0.3 is 5.97 Å². The number of benzene rings is 2. The van der Waals surface area contributed by atoms with E-state index in [0.717, 1.165) is 11.1 Å². The Morgan fingerprint density at radius 2 is 1.71 bits per heavy atom. The lowest BCUT2D eigenvalue weighted by atomic mass is 9.98. The Morgan fingerprint density at radius 1 is 1.04 bits per heavy atom. The highest BCUT2D eigenvalue weighted by molar-refractivity contribution is 5.70. The summed E-state index contributed by atoms with van der Waals surface area (Å²) in [5, 5.41) is 7.87. The van der Waals surface area contributed by atoms with Gasteiger partial charge in [0, 0.05) is 5.56 Å². The van der Waals surface area contributed by atoms with Crippen LogP contribution >= 0.6 is 0 Å². The number of nitrogens with zero attached hydrogens (tertiary/aromatic N) is 2. The zero-order chi connectivity index (χ0) is 16.8. The Bertz CT molecular complexity index is 785. The summed E-state index contributed by atoms with van der Waals surface area (Å²) in [6.07, 6.45) is 0.309. The summed E-state index contributed by atoms with van der Waals surface area (Å²) in [5.41, 5.74) is 1.94. The monoisotopic (exact) mass is 322 g/mol. The molecule has 0 aliphatic carbocycles. The van der Waals surface area contributed by atoms with Crippen molar-refractivity contribution in [1.29, 1.82) is 0 Å². The molecule has 3 aromatic rings. The SMILES string of the molecule is CC(CC(=O)OCc1nnc(-c2ccccc2)o1)c1ccccc1. The van der Waals surface area contributed by atoms with Gasteiger partial charge in [-0.1, -0.05) is 55.5 Å². The van der Waals surface area contributed by atoms with Gasteiger partial charge in [-0.2, -0.15) is 0 Å². The van der Waals surface area contributed by atoms with Crippen LogP contribution in [0.5, 0.6) is 0 Å². The standard InChI is InChI=1S/C19H18N2O3/c1-14(15-8-4-2-5-9-15)12-18(22)23-13-17-20-21-19(24-17)16-10-6-3-7-11-16/h2-11,14H,12-13H2,1H3. The molecule has 0 amide bonds. The maximum Gasteiger partial charge on any atom is 0.306 e. The van der Waals surface area contributed by atoms with Gasteiger partial charge < -0.3 is 9.15 Å². The highest BCUT2D eigenvalue weighted by Crippen LogP contribution is 2.20. The predicted molar refractivity (Wildman–Crippen MR) is 89.0 cm³/mol. The zero-order valence-electron chi connectivity index (χ0n) is 13.4. The molecule has 0 N–H and O–H groups in total. The first-order valence-corrected chi connectivity index (χ1v) is 7.81. The van der Waals surface area contributed by atoms with E-state index in [2.05, 4.69) is 10.2 Å². The van der Waals surface area contributed by atoms with Crippen molar-refractivity contribution >= 4 is 5.97 Å². The van der Waals surface area contributed by atoms with Crippen molar-refractivity contribution in [2.75, 3.05) is 0 Å². The van der Waals surface area contributed by atoms with Crippen molar-refractivity contribution < 1.29 is 13.9 Å². The van der Waals surface area contributed by atoms with Crippen molar-refractivity contribution in [2.45, 2.75) is 25.9 Å². The second-order valence-electron chi connectivity index (χ2n) is 5.54. The number of hydrogen-bond donors (Lipinski definition) is 0. The van der Waals surface area contributed by atoms with Crippen molar-refractivity contribution in [3.63, 3.8) is 0 Å².